The third-order valence-electron chi connectivity index (χ3n) is 4.86. The van der Waals surface area contributed by atoms with Crippen LogP contribution in [0.2, 0.25) is 0 Å². The quantitative estimate of drug-likeness (QED) is 0.913. The number of nitrogens with zero attached hydrogens (tertiary/aromatic N) is 2. The summed E-state index contributed by atoms with van der Waals surface area (Å²) in [6.07, 6.45) is 4.80. The number of rotatable bonds is 3. The lowest BCUT2D eigenvalue weighted by atomic mass is 10.0. The van der Waals surface area contributed by atoms with Crippen LogP contribution >= 0.6 is 0 Å². The summed E-state index contributed by atoms with van der Waals surface area (Å²) in [7, 11) is 0. The van der Waals surface area contributed by atoms with E-state index in [1.54, 1.807) is 0 Å². The SMILES string of the molecule is Cc1ccc2[nH]nc(C(=O)NC3CCN(C4CC4)CC3)c2c1. The Kier molecular flexibility index (Phi) is 3.37. The molecule has 2 heterocycles. The van der Waals surface area contributed by atoms with E-state index in [-0.39, 0.29) is 11.9 Å². The molecule has 0 unspecified atom stereocenters. The molecule has 1 amide bonds. The first-order valence-corrected chi connectivity index (χ1v) is 8.20. The highest BCUT2D eigenvalue weighted by Crippen LogP contribution is 2.29. The number of amides is 1. The molecule has 0 bridgehead atoms. The van der Waals surface area contributed by atoms with Gasteiger partial charge in [0.2, 0.25) is 0 Å². The van der Waals surface area contributed by atoms with Crippen molar-refractivity contribution < 1.29 is 4.79 Å². The van der Waals surface area contributed by atoms with E-state index < -0.39 is 0 Å². The Morgan fingerprint density at radius 3 is 2.77 bits per heavy atom. The van der Waals surface area contributed by atoms with E-state index in [1.165, 1.54) is 12.8 Å². The third-order valence-corrected chi connectivity index (χ3v) is 4.86. The van der Waals surface area contributed by atoms with Crippen molar-refractivity contribution in [2.45, 2.75) is 44.7 Å². The summed E-state index contributed by atoms with van der Waals surface area (Å²) in [5.41, 5.74) is 2.57. The number of piperidine rings is 1. The number of fused-ring (bicyclic) bond motifs is 1. The number of hydrogen-bond acceptors (Lipinski definition) is 3. The number of benzene rings is 1. The van der Waals surface area contributed by atoms with Crippen molar-refractivity contribution in [2.75, 3.05) is 13.1 Å². The lowest BCUT2D eigenvalue weighted by Crippen LogP contribution is -2.45. The monoisotopic (exact) mass is 298 g/mol. The number of H-pyrrole nitrogens is 1. The second kappa shape index (κ2) is 5.39. The number of nitrogens with one attached hydrogen (secondary N) is 2. The van der Waals surface area contributed by atoms with Crippen molar-refractivity contribution in [3.63, 3.8) is 0 Å². The number of carbonyl (C=O) groups is 1. The normalized spacial score (nSPS) is 20.4. The van der Waals surface area contributed by atoms with Gasteiger partial charge in [-0.1, -0.05) is 11.6 Å². The summed E-state index contributed by atoms with van der Waals surface area (Å²) < 4.78 is 0. The maximum absolute atomic E-state index is 12.5. The molecule has 2 fully saturated rings. The molecule has 0 spiro atoms. The highest BCUT2D eigenvalue weighted by atomic mass is 16.2. The number of hydrogen-bond donors (Lipinski definition) is 2. The molecule has 2 N–H and O–H groups in total. The summed E-state index contributed by atoms with van der Waals surface area (Å²) in [5.74, 6) is -0.0540. The molecule has 1 aliphatic carbocycles. The molecule has 1 saturated heterocycles. The van der Waals surface area contributed by atoms with Crippen molar-refractivity contribution >= 4 is 16.8 Å². The average Bonchev–Trinajstić information content (AvgIpc) is 3.28. The van der Waals surface area contributed by atoms with E-state index in [9.17, 15) is 4.79 Å². The van der Waals surface area contributed by atoms with Crippen LogP contribution in [0, 0.1) is 6.92 Å². The zero-order chi connectivity index (χ0) is 15.1. The van der Waals surface area contributed by atoms with Crippen LogP contribution < -0.4 is 5.32 Å². The third kappa shape index (κ3) is 2.61. The molecule has 116 valence electrons. The van der Waals surface area contributed by atoms with Gasteiger partial charge in [0.15, 0.2) is 5.69 Å². The standard InChI is InChI=1S/C17H22N4O/c1-11-2-5-15-14(10-11)16(20-19-15)17(22)18-12-6-8-21(9-7-12)13-3-4-13/h2,5,10,12-13H,3-4,6-9H2,1H3,(H,18,22)(H,19,20). The molecule has 1 saturated carbocycles. The second-order valence-electron chi connectivity index (χ2n) is 6.64. The summed E-state index contributed by atoms with van der Waals surface area (Å²) in [5, 5.41) is 11.2. The summed E-state index contributed by atoms with van der Waals surface area (Å²) >= 11 is 0. The molecule has 2 aromatic rings. The molecule has 0 atom stereocenters. The summed E-state index contributed by atoms with van der Waals surface area (Å²) in [6, 6.07) is 7.12. The topological polar surface area (TPSA) is 61.0 Å². The Morgan fingerprint density at radius 2 is 2.05 bits per heavy atom. The Labute approximate surface area is 130 Å². The van der Waals surface area contributed by atoms with Gasteiger partial charge in [-0.15, -0.1) is 0 Å². The van der Waals surface area contributed by atoms with Gasteiger partial charge < -0.3 is 10.2 Å². The molecular formula is C17H22N4O. The molecule has 1 aliphatic heterocycles. The molecule has 1 aromatic carbocycles. The van der Waals surface area contributed by atoms with E-state index in [0.29, 0.717) is 5.69 Å². The first-order valence-electron chi connectivity index (χ1n) is 8.20. The van der Waals surface area contributed by atoms with Crippen LogP contribution in [0.1, 0.15) is 41.7 Å². The van der Waals surface area contributed by atoms with Crippen LogP contribution in [0.25, 0.3) is 10.9 Å². The van der Waals surface area contributed by atoms with Crippen LogP contribution in [0.15, 0.2) is 18.2 Å². The van der Waals surface area contributed by atoms with Gasteiger partial charge in [-0.3, -0.25) is 9.89 Å². The van der Waals surface area contributed by atoms with Crippen LogP contribution in [0.5, 0.6) is 0 Å². The van der Waals surface area contributed by atoms with E-state index in [4.69, 9.17) is 0 Å². The number of carbonyl (C=O) groups excluding carboxylic acids is 1. The van der Waals surface area contributed by atoms with E-state index >= 15 is 0 Å². The molecule has 2 aliphatic rings. The predicted octanol–water partition coefficient (Wildman–Crippen LogP) is 2.23. The number of aryl methyl sites for hydroxylation is 1. The Morgan fingerprint density at radius 1 is 1.27 bits per heavy atom. The van der Waals surface area contributed by atoms with Gasteiger partial charge in [-0.2, -0.15) is 5.10 Å². The molecule has 0 radical (unpaired) electrons. The fourth-order valence-electron chi connectivity index (χ4n) is 3.40. The van der Waals surface area contributed by atoms with E-state index in [1.807, 2.05) is 25.1 Å². The zero-order valence-corrected chi connectivity index (χ0v) is 12.9. The van der Waals surface area contributed by atoms with Crippen molar-refractivity contribution in [2.24, 2.45) is 0 Å². The van der Waals surface area contributed by atoms with Gasteiger partial charge in [0, 0.05) is 30.6 Å². The fourth-order valence-corrected chi connectivity index (χ4v) is 3.40. The first kappa shape index (κ1) is 13.8. The maximum Gasteiger partial charge on any atom is 0.272 e. The highest BCUT2D eigenvalue weighted by Gasteiger charge is 2.32. The van der Waals surface area contributed by atoms with E-state index in [2.05, 4.69) is 20.4 Å². The minimum Gasteiger partial charge on any atom is -0.348 e. The molecule has 5 nitrogen and oxygen atoms in total. The minimum atomic E-state index is -0.0540. The second-order valence-corrected chi connectivity index (χ2v) is 6.64. The highest BCUT2D eigenvalue weighted by molar-refractivity contribution is 6.04. The van der Waals surface area contributed by atoms with Crippen molar-refractivity contribution in [3.8, 4) is 0 Å². The lowest BCUT2D eigenvalue weighted by molar-refractivity contribution is 0.0905. The van der Waals surface area contributed by atoms with Gasteiger partial charge in [0.25, 0.3) is 5.91 Å². The van der Waals surface area contributed by atoms with Crippen molar-refractivity contribution in [3.05, 3.63) is 29.5 Å². The van der Waals surface area contributed by atoms with Crippen molar-refractivity contribution in [1.29, 1.82) is 0 Å². The molecule has 4 rings (SSSR count). The Hall–Kier alpha value is -1.88. The fraction of sp³-hybridized carbons (Fsp3) is 0.529. The summed E-state index contributed by atoms with van der Waals surface area (Å²) in [6.45, 7) is 4.24. The number of likely N-dealkylation sites (tertiary alicyclic amines) is 1. The Bertz CT molecular complexity index is 696. The lowest BCUT2D eigenvalue weighted by Gasteiger charge is -2.32. The van der Waals surface area contributed by atoms with Crippen LogP contribution in [0.3, 0.4) is 0 Å². The molecular weight excluding hydrogens is 276 g/mol. The van der Waals surface area contributed by atoms with Gasteiger partial charge in [0.1, 0.15) is 0 Å². The van der Waals surface area contributed by atoms with Gasteiger partial charge in [0.05, 0.1) is 5.52 Å². The predicted molar refractivity (Wildman–Crippen MR) is 85.9 cm³/mol. The number of aromatic nitrogens is 2. The molecule has 1 aromatic heterocycles. The van der Waals surface area contributed by atoms with Crippen LogP contribution in [-0.4, -0.2) is 46.2 Å². The maximum atomic E-state index is 12.5. The number of aromatic amines is 1. The van der Waals surface area contributed by atoms with Crippen LogP contribution in [0.4, 0.5) is 0 Å². The first-order chi connectivity index (χ1) is 10.7. The minimum absolute atomic E-state index is 0.0540. The smallest absolute Gasteiger partial charge is 0.272 e. The average molecular weight is 298 g/mol. The van der Waals surface area contributed by atoms with Crippen LogP contribution in [-0.2, 0) is 0 Å². The summed E-state index contributed by atoms with van der Waals surface area (Å²) in [4.78, 5) is 15.1. The van der Waals surface area contributed by atoms with Gasteiger partial charge in [-0.25, -0.2) is 0 Å². The van der Waals surface area contributed by atoms with Crippen molar-refractivity contribution in [1.82, 2.24) is 20.4 Å². The molecule has 5 heteroatoms. The Balaban J connectivity index is 1.44. The largest absolute Gasteiger partial charge is 0.348 e. The van der Waals surface area contributed by atoms with E-state index in [0.717, 1.165) is 48.4 Å². The zero-order valence-electron chi connectivity index (χ0n) is 12.9. The molecule has 22 heavy (non-hydrogen) atoms. The van der Waals surface area contributed by atoms with Gasteiger partial charge in [-0.05, 0) is 44.7 Å². The van der Waals surface area contributed by atoms with Gasteiger partial charge >= 0.3 is 0 Å².